The Labute approximate surface area is 92.0 Å². The van der Waals surface area contributed by atoms with E-state index in [4.69, 9.17) is 9.84 Å². The number of carbonyl (C=O) groups is 2. The Hall–Kier alpha value is -2.04. The summed E-state index contributed by atoms with van der Waals surface area (Å²) < 4.78 is 5.08. The van der Waals surface area contributed by atoms with Crippen LogP contribution < -0.4 is 5.32 Å². The first-order valence-electron chi connectivity index (χ1n) is 4.82. The van der Waals surface area contributed by atoms with Crippen LogP contribution in [0.2, 0.25) is 0 Å². The van der Waals surface area contributed by atoms with E-state index in [0.717, 1.165) is 0 Å². The zero-order valence-corrected chi connectivity index (χ0v) is 8.64. The van der Waals surface area contributed by atoms with Crippen molar-refractivity contribution >= 4 is 12.1 Å². The van der Waals surface area contributed by atoms with Crippen molar-refractivity contribution in [3.63, 3.8) is 0 Å². The van der Waals surface area contributed by atoms with Crippen LogP contribution in [0.25, 0.3) is 0 Å². The molecule has 84 valence electrons. The second-order valence-corrected chi connectivity index (χ2v) is 3.78. The van der Waals surface area contributed by atoms with E-state index in [2.05, 4.69) is 5.32 Å². The zero-order valence-electron chi connectivity index (χ0n) is 8.64. The van der Waals surface area contributed by atoms with Crippen LogP contribution in [0.3, 0.4) is 0 Å². The average Bonchev–Trinajstić information content (AvgIpc) is 2.57. The van der Waals surface area contributed by atoms with Crippen LogP contribution in [0.4, 0.5) is 4.79 Å². The molecule has 0 bridgehead atoms. The standard InChI is InChI=1S/C11H11NO4/c1-11(7-5-3-2-4-6-7)8(9(13)14)12-10(15)16-11/h2-6,8H,1H3,(H,12,15)(H,13,14)/t8-,11-/m1/s1. The third-order valence-electron chi connectivity index (χ3n) is 2.71. The first-order chi connectivity index (χ1) is 7.54. The molecule has 1 aliphatic heterocycles. The minimum absolute atomic E-state index is 0.653. The number of ether oxygens (including phenoxy) is 1. The normalized spacial score (nSPS) is 28.3. The first-order valence-corrected chi connectivity index (χ1v) is 4.82. The molecule has 2 atom stereocenters. The number of carboxylic acid groups (broad SMARTS) is 1. The number of carbonyl (C=O) groups excluding carboxylic acids is 1. The Morgan fingerprint density at radius 3 is 2.62 bits per heavy atom. The van der Waals surface area contributed by atoms with Crippen LogP contribution in [0, 0.1) is 0 Å². The number of nitrogens with one attached hydrogen (secondary N) is 1. The van der Waals surface area contributed by atoms with Gasteiger partial charge in [-0.25, -0.2) is 9.59 Å². The van der Waals surface area contributed by atoms with Gasteiger partial charge in [0.15, 0.2) is 11.6 Å². The molecule has 0 aromatic heterocycles. The maximum absolute atomic E-state index is 11.2. The summed E-state index contributed by atoms with van der Waals surface area (Å²) in [7, 11) is 0. The van der Waals surface area contributed by atoms with Crippen LogP contribution in [0.1, 0.15) is 12.5 Å². The first kappa shape index (κ1) is 10.5. The van der Waals surface area contributed by atoms with Gasteiger partial charge in [0.2, 0.25) is 0 Å². The molecule has 2 N–H and O–H groups in total. The fourth-order valence-electron chi connectivity index (χ4n) is 1.83. The molecule has 0 aliphatic carbocycles. The number of rotatable bonds is 2. The fraction of sp³-hybridized carbons (Fsp3) is 0.273. The minimum Gasteiger partial charge on any atom is -0.480 e. The van der Waals surface area contributed by atoms with E-state index >= 15 is 0 Å². The molecular weight excluding hydrogens is 210 g/mol. The molecule has 1 aliphatic rings. The number of hydrogen-bond acceptors (Lipinski definition) is 3. The predicted octanol–water partition coefficient (Wildman–Crippen LogP) is 1.09. The zero-order chi connectivity index (χ0) is 11.8. The van der Waals surface area contributed by atoms with Crippen molar-refractivity contribution in [3.05, 3.63) is 35.9 Å². The van der Waals surface area contributed by atoms with Gasteiger partial charge in [0.05, 0.1) is 0 Å². The summed E-state index contributed by atoms with van der Waals surface area (Å²) in [6, 6.07) is 7.75. The minimum atomic E-state index is -1.16. The number of aliphatic carboxylic acids is 1. The van der Waals surface area contributed by atoms with Gasteiger partial charge in [-0.2, -0.15) is 0 Å². The smallest absolute Gasteiger partial charge is 0.408 e. The van der Waals surface area contributed by atoms with Crippen LogP contribution in [-0.2, 0) is 15.1 Å². The predicted molar refractivity (Wildman–Crippen MR) is 54.8 cm³/mol. The third-order valence-corrected chi connectivity index (χ3v) is 2.71. The summed E-state index contributed by atoms with van der Waals surface area (Å²) >= 11 is 0. The van der Waals surface area contributed by atoms with E-state index < -0.39 is 23.7 Å². The van der Waals surface area contributed by atoms with Crippen molar-refractivity contribution in [2.45, 2.75) is 18.6 Å². The van der Waals surface area contributed by atoms with E-state index in [9.17, 15) is 9.59 Å². The van der Waals surface area contributed by atoms with Crippen molar-refractivity contribution < 1.29 is 19.4 Å². The van der Waals surface area contributed by atoms with Crippen LogP contribution in [0.15, 0.2) is 30.3 Å². The van der Waals surface area contributed by atoms with Gasteiger partial charge in [-0.05, 0) is 12.5 Å². The van der Waals surface area contributed by atoms with Gasteiger partial charge in [0.25, 0.3) is 0 Å². The van der Waals surface area contributed by atoms with E-state index in [1.165, 1.54) is 0 Å². The third kappa shape index (κ3) is 1.50. The van der Waals surface area contributed by atoms with Gasteiger partial charge in [-0.15, -0.1) is 0 Å². The lowest BCUT2D eigenvalue weighted by Gasteiger charge is -2.25. The Morgan fingerprint density at radius 1 is 1.44 bits per heavy atom. The fourth-order valence-corrected chi connectivity index (χ4v) is 1.83. The van der Waals surface area contributed by atoms with E-state index in [-0.39, 0.29) is 0 Å². The number of hydrogen-bond donors (Lipinski definition) is 2. The molecular formula is C11H11NO4. The van der Waals surface area contributed by atoms with Gasteiger partial charge in [-0.1, -0.05) is 30.3 Å². The summed E-state index contributed by atoms with van der Waals surface area (Å²) in [6.45, 7) is 1.58. The van der Waals surface area contributed by atoms with E-state index in [1.54, 1.807) is 31.2 Å². The molecule has 1 amide bonds. The van der Waals surface area contributed by atoms with Crippen molar-refractivity contribution in [1.82, 2.24) is 5.32 Å². The SMILES string of the molecule is C[C@]1(c2ccccc2)OC(=O)N[C@@H]1C(=O)O. The highest BCUT2D eigenvalue weighted by atomic mass is 16.6. The van der Waals surface area contributed by atoms with Crippen LogP contribution in [-0.4, -0.2) is 23.2 Å². The molecule has 1 heterocycles. The monoisotopic (exact) mass is 221 g/mol. The quantitative estimate of drug-likeness (QED) is 0.784. The van der Waals surface area contributed by atoms with Gasteiger partial charge in [0, 0.05) is 0 Å². The molecule has 16 heavy (non-hydrogen) atoms. The lowest BCUT2D eigenvalue weighted by molar-refractivity contribution is -0.143. The summed E-state index contributed by atoms with van der Waals surface area (Å²) in [5, 5.41) is 11.3. The molecule has 5 nitrogen and oxygen atoms in total. The molecule has 1 aromatic rings. The Balaban J connectivity index is 2.43. The summed E-state index contributed by atoms with van der Waals surface area (Å²) in [5.74, 6) is -1.11. The summed E-state index contributed by atoms with van der Waals surface area (Å²) in [4.78, 5) is 22.2. The van der Waals surface area contributed by atoms with Crippen molar-refractivity contribution in [1.29, 1.82) is 0 Å². The second kappa shape index (κ2) is 3.52. The van der Waals surface area contributed by atoms with Crippen LogP contribution in [0.5, 0.6) is 0 Å². The highest BCUT2D eigenvalue weighted by Crippen LogP contribution is 2.33. The van der Waals surface area contributed by atoms with E-state index in [1.807, 2.05) is 6.07 Å². The Morgan fingerprint density at radius 2 is 2.06 bits per heavy atom. The summed E-state index contributed by atoms with van der Waals surface area (Å²) in [6.07, 6.45) is -0.709. The largest absolute Gasteiger partial charge is 0.480 e. The van der Waals surface area contributed by atoms with Crippen molar-refractivity contribution in [2.75, 3.05) is 0 Å². The molecule has 0 unspecified atom stereocenters. The maximum atomic E-state index is 11.2. The Kier molecular flexibility index (Phi) is 2.30. The molecule has 1 fully saturated rings. The molecule has 2 rings (SSSR count). The molecule has 5 heteroatoms. The van der Waals surface area contributed by atoms with Crippen molar-refractivity contribution in [2.24, 2.45) is 0 Å². The number of alkyl carbamates (subject to hydrolysis) is 1. The van der Waals surface area contributed by atoms with Crippen LogP contribution >= 0.6 is 0 Å². The Bertz CT molecular complexity index is 431. The van der Waals surface area contributed by atoms with Crippen molar-refractivity contribution in [3.8, 4) is 0 Å². The lowest BCUT2D eigenvalue weighted by atomic mass is 9.89. The number of carboxylic acids is 1. The maximum Gasteiger partial charge on any atom is 0.408 e. The highest BCUT2D eigenvalue weighted by molar-refractivity contribution is 5.85. The number of amides is 1. The second-order valence-electron chi connectivity index (χ2n) is 3.78. The van der Waals surface area contributed by atoms with E-state index in [0.29, 0.717) is 5.56 Å². The molecule has 1 aromatic carbocycles. The highest BCUT2D eigenvalue weighted by Gasteiger charge is 2.50. The summed E-state index contributed by atoms with van der Waals surface area (Å²) in [5.41, 5.74) is -0.509. The number of benzene rings is 1. The topological polar surface area (TPSA) is 75.6 Å². The molecule has 0 saturated carbocycles. The number of cyclic esters (lactones) is 1. The molecule has 0 radical (unpaired) electrons. The van der Waals surface area contributed by atoms with Gasteiger partial charge >= 0.3 is 12.1 Å². The van der Waals surface area contributed by atoms with Gasteiger partial charge in [0.1, 0.15) is 0 Å². The van der Waals surface area contributed by atoms with Gasteiger partial charge in [-0.3, -0.25) is 0 Å². The molecule has 1 saturated heterocycles. The van der Waals surface area contributed by atoms with Gasteiger partial charge < -0.3 is 15.2 Å². The molecule has 0 spiro atoms. The average molecular weight is 221 g/mol. The lowest BCUT2D eigenvalue weighted by Crippen LogP contribution is -2.45.